The number of rotatable bonds is 7. The molecule has 0 unspecified atom stereocenters. The third-order valence-electron chi connectivity index (χ3n) is 5.64. The number of nitrogens with zero attached hydrogens (tertiary/aromatic N) is 5. The third kappa shape index (κ3) is 6.82. The zero-order valence-corrected chi connectivity index (χ0v) is 21.8. The number of hydrogen-bond acceptors (Lipinski definition) is 5. The summed E-state index contributed by atoms with van der Waals surface area (Å²) < 4.78 is 5.33. The van der Waals surface area contributed by atoms with E-state index in [0.717, 1.165) is 63.9 Å². The van der Waals surface area contributed by atoms with E-state index in [0.29, 0.717) is 11.8 Å². The molecule has 1 aliphatic heterocycles. The van der Waals surface area contributed by atoms with Gasteiger partial charge in [0.05, 0.1) is 0 Å². The van der Waals surface area contributed by atoms with Crippen LogP contribution in [0.3, 0.4) is 0 Å². The third-order valence-corrected chi connectivity index (χ3v) is 5.64. The summed E-state index contributed by atoms with van der Waals surface area (Å²) >= 11 is 0. The first-order valence-electron chi connectivity index (χ1n) is 11.2. The van der Waals surface area contributed by atoms with Crippen molar-refractivity contribution >= 4 is 35.6 Å². The van der Waals surface area contributed by atoms with Gasteiger partial charge in [0, 0.05) is 57.3 Å². The van der Waals surface area contributed by atoms with Crippen LogP contribution in [0.25, 0.3) is 0 Å². The van der Waals surface area contributed by atoms with E-state index in [1.807, 2.05) is 0 Å². The molecular weight excluding hydrogens is 503 g/mol. The molecule has 1 aliphatic rings. The second-order valence-electron chi connectivity index (χ2n) is 8.23. The lowest BCUT2D eigenvalue weighted by Crippen LogP contribution is -2.52. The maximum atomic E-state index is 5.33. The number of halogens is 1. The Labute approximate surface area is 203 Å². The van der Waals surface area contributed by atoms with Gasteiger partial charge in [0.2, 0.25) is 5.89 Å². The molecule has 0 atom stereocenters. The van der Waals surface area contributed by atoms with Gasteiger partial charge in [-0.25, -0.2) is 0 Å². The standard InChI is InChI=1S/C23H36N6O.HI/c1-6-24-23(25-12-8-11-21-26-22(17(2)3)27-30-21)29-15-13-28(14-16-29)20-10-7-9-18(4)19(20)5;/h7,9-10,17H,6,8,11-16H2,1-5H3,(H,24,25);1H. The minimum Gasteiger partial charge on any atom is -0.368 e. The van der Waals surface area contributed by atoms with Crippen LogP contribution in [-0.2, 0) is 6.42 Å². The number of aromatic nitrogens is 2. The van der Waals surface area contributed by atoms with Gasteiger partial charge in [-0.2, -0.15) is 4.98 Å². The highest BCUT2D eigenvalue weighted by Gasteiger charge is 2.21. The fourth-order valence-electron chi connectivity index (χ4n) is 3.68. The molecule has 0 bridgehead atoms. The highest BCUT2D eigenvalue weighted by molar-refractivity contribution is 14.0. The first-order chi connectivity index (χ1) is 14.5. The Bertz CT molecular complexity index is 842. The average Bonchev–Trinajstić information content (AvgIpc) is 3.22. The van der Waals surface area contributed by atoms with Crippen LogP contribution in [0.1, 0.15) is 56.0 Å². The number of nitrogens with one attached hydrogen (secondary N) is 1. The van der Waals surface area contributed by atoms with Crippen LogP contribution in [0.15, 0.2) is 27.7 Å². The predicted molar refractivity (Wildman–Crippen MR) is 138 cm³/mol. The van der Waals surface area contributed by atoms with Gasteiger partial charge in [0.1, 0.15) is 0 Å². The van der Waals surface area contributed by atoms with Crippen LogP contribution in [0.5, 0.6) is 0 Å². The molecule has 0 amide bonds. The Morgan fingerprint density at radius 3 is 2.58 bits per heavy atom. The Morgan fingerprint density at radius 2 is 1.94 bits per heavy atom. The summed E-state index contributed by atoms with van der Waals surface area (Å²) in [5.41, 5.74) is 4.09. The van der Waals surface area contributed by atoms with Crippen LogP contribution in [0.2, 0.25) is 0 Å². The van der Waals surface area contributed by atoms with E-state index < -0.39 is 0 Å². The molecule has 0 saturated carbocycles. The highest BCUT2D eigenvalue weighted by Crippen LogP contribution is 2.23. The molecule has 0 radical (unpaired) electrons. The number of anilines is 1. The summed E-state index contributed by atoms with van der Waals surface area (Å²) in [6, 6.07) is 6.57. The van der Waals surface area contributed by atoms with Crippen molar-refractivity contribution in [3.63, 3.8) is 0 Å². The fraction of sp³-hybridized carbons (Fsp3) is 0.609. The number of guanidine groups is 1. The minimum atomic E-state index is 0. The van der Waals surface area contributed by atoms with Gasteiger partial charge in [0.25, 0.3) is 0 Å². The van der Waals surface area contributed by atoms with Crippen LogP contribution in [0, 0.1) is 13.8 Å². The SMILES string of the molecule is CCNC(=NCCCc1nc(C(C)C)no1)N1CCN(c2cccc(C)c2C)CC1.I. The molecule has 1 N–H and O–H groups in total. The summed E-state index contributed by atoms with van der Waals surface area (Å²) in [5, 5.41) is 7.48. The molecular formula is C23H37IN6O. The lowest BCUT2D eigenvalue weighted by molar-refractivity contribution is 0.366. The van der Waals surface area contributed by atoms with Crippen molar-refractivity contribution in [2.24, 2.45) is 4.99 Å². The van der Waals surface area contributed by atoms with Crippen LogP contribution in [-0.4, -0.2) is 60.3 Å². The first kappa shape index (κ1) is 25.4. The Morgan fingerprint density at radius 1 is 1.19 bits per heavy atom. The van der Waals surface area contributed by atoms with Gasteiger partial charge < -0.3 is 19.6 Å². The smallest absolute Gasteiger partial charge is 0.226 e. The van der Waals surface area contributed by atoms with Crippen molar-refractivity contribution < 1.29 is 4.52 Å². The maximum absolute atomic E-state index is 5.33. The highest BCUT2D eigenvalue weighted by atomic mass is 127. The van der Waals surface area contributed by atoms with E-state index >= 15 is 0 Å². The second-order valence-corrected chi connectivity index (χ2v) is 8.23. The molecule has 1 saturated heterocycles. The number of aryl methyl sites for hydroxylation is 2. The fourth-order valence-corrected chi connectivity index (χ4v) is 3.68. The van der Waals surface area contributed by atoms with Gasteiger partial charge in [-0.15, -0.1) is 24.0 Å². The van der Waals surface area contributed by atoms with E-state index in [-0.39, 0.29) is 24.0 Å². The van der Waals surface area contributed by atoms with Gasteiger partial charge in [-0.1, -0.05) is 31.1 Å². The van der Waals surface area contributed by atoms with Gasteiger partial charge in [0.15, 0.2) is 11.8 Å². The normalized spacial score (nSPS) is 14.7. The summed E-state index contributed by atoms with van der Waals surface area (Å²) in [6.07, 6.45) is 1.67. The van der Waals surface area contributed by atoms with E-state index in [4.69, 9.17) is 9.52 Å². The first-order valence-corrected chi connectivity index (χ1v) is 11.2. The van der Waals surface area contributed by atoms with Crippen LogP contribution >= 0.6 is 24.0 Å². The monoisotopic (exact) mass is 540 g/mol. The largest absolute Gasteiger partial charge is 0.368 e. The molecule has 1 aromatic carbocycles. The van der Waals surface area contributed by atoms with Crippen molar-refractivity contribution in [1.82, 2.24) is 20.4 Å². The molecule has 1 aromatic heterocycles. The van der Waals surface area contributed by atoms with E-state index in [2.05, 4.69) is 78.1 Å². The summed E-state index contributed by atoms with van der Waals surface area (Å²) in [5.74, 6) is 2.79. The number of benzene rings is 1. The zero-order valence-electron chi connectivity index (χ0n) is 19.5. The van der Waals surface area contributed by atoms with Crippen LogP contribution in [0.4, 0.5) is 5.69 Å². The molecule has 31 heavy (non-hydrogen) atoms. The quantitative estimate of drug-likeness (QED) is 0.246. The summed E-state index contributed by atoms with van der Waals surface area (Å²) in [4.78, 5) is 14.2. The predicted octanol–water partition coefficient (Wildman–Crippen LogP) is 4.15. The van der Waals surface area contributed by atoms with Crippen molar-refractivity contribution in [3.05, 3.63) is 41.0 Å². The van der Waals surface area contributed by atoms with Gasteiger partial charge in [-0.3, -0.25) is 4.99 Å². The lowest BCUT2D eigenvalue weighted by Gasteiger charge is -2.38. The molecule has 3 rings (SSSR count). The van der Waals surface area contributed by atoms with E-state index in [1.165, 1.54) is 16.8 Å². The molecule has 2 aromatic rings. The molecule has 2 heterocycles. The van der Waals surface area contributed by atoms with Crippen molar-refractivity contribution in [3.8, 4) is 0 Å². The van der Waals surface area contributed by atoms with Crippen molar-refractivity contribution in [2.45, 2.75) is 53.4 Å². The maximum Gasteiger partial charge on any atom is 0.226 e. The molecule has 0 spiro atoms. The van der Waals surface area contributed by atoms with Crippen LogP contribution < -0.4 is 10.2 Å². The number of piperazine rings is 1. The topological polar surface area (TPSA) is 69.8 Å². The van der Waals surface area contributed by atoms with Crippen molar-refractivity contribution in [2.75, 3.05) is 44.2 Å². The number of aliphatic imine (C=N–C) groups is 1. The minimum absolute atomic E-state index is 0. The number of hydrogen-bond donors (Lipinski definition) is 1. The molecule has 7 nitrogen and oxygen atoms in total. The van der Waals surface area contributed by atoms with Gasteiger partial charge >= 0.3 is 0 Å². The second kappa shape index (κ2) is 12.3. The Hall–Kier alpha value is -1.84. The van der Waals surface area contributed by atoms with Gasteiger partial charge in [-0.05, 0) is 44.4 Å². The van der Waals surface area contributed by atoms with E-state index in [1.54, 1.807) is 0 Å². The zero-order chi connectivity index (χ0) is 21.5. The molecule has 1 fully saturated rings. The Balaban J connectivity index is 0.00000341. The summed E-state index contributed by atoms with van der Waals surface area (Å²) in [7, 11) is 0. The molecule has 8 heteroatoms. The summed E-state index contributed by atoms with van der Waals surface area (Å²) in [6.45, 7) is 16.2. The average molecular weight is 540 g/mol. The molecule has 172 valence electrons. The Kier molecular flexibility index (Phi) is 10.1. The van der Waals surface area contributed by atoms with Crippen molar-refractivity contribution in [1.29, 1.82) is 0 Å². The van der Waals surface area contributed by atoms with E-state index in [9.17, 15) is 0 Å². The lowest BCUT2D eigenvalue weighted by atomic mass is 10.1. The molecule has 0 aliphatic carbocycles.